The van der Waals surface area contributed by atoms with Crippen molar-refractivity contribution in [1.29, 1.82) is 0 Å². The van der Waals surface area contributed by atoms with Crippen LogP contribution in [0, 0.1) is 0 Å². The van der Waals surface area contributed by atoms with E-state index in [9.17, 15) is 4.79 Å². The highest BCUT2D eigenvalue weighted by Gasteiger charge is 2.04. The smallest absolute Gasteiger partial charge is 0.243 e. The van der Waals surface area contributed by atoms with E-state index in [0.29, 0.717) is 0 Å². The van der Waals surface area contributed by atoms with Gasteiger partial charge in [0, 0.05) is 11.4 Å². The van der Waals surface area contributed by atoms with Crippen LogP contribution >= 0.6 is 0 Å². The highest BCUT2D eigenvalue weighted by molar-refractivity contribution is 5.93. The Bertz CT molecular complexity index is 729. The third-order valence-electron chi connectivity index (χ3n) is 4.87. The van der Waals surface area contributed by atoms with E-state index in [4.69, 9.17) is 9.47 Å². The number of carbonyl (C=O) groups is 1. The molecule has 5 heteroatoms. The van der Waals surface area contributed by atoms with Crippen molar-refractivity contribution in [3.63, 3.8) is 0 Å². The first-order valence-electron chi connectivity index (χ1n) is 11.1. The van der Waals surface area contributed by atoms with Crippen LogP contribution in [0.4, 0.5) is 11.4 Å². The normalized spacial score (nSPS) is 11.6. The zero-order valence-electron chi connectivity index (χ0n) is 18.6. The minimum atomic E-state index is -0.0977. The third-order valence-corrected chi connectivity index (χ3v) is 4.87. The minimum absolute atomic E-state index is 0.0977. The van der Waals surface area contributed by atoms with Gasteiger partial charge in [0.05, 0.1) is 19.3 Å². The topological polar surface area (TPSA) is 59.6 Å². The predicted molar refractivity (Wildman–Crippen MR) is 125 cm³/mol. The molecule has 0 bridgehead atoms. The molecule has 1 unspecified atom stereocenters. The Labute approximate surface area is 181 Å². The Morgan fingerprint density at radius 2 is 1.50 bits per heavy atom. The average Bonchev–Trinajstić information content (AvgIpc) is 2.76. The van der Waals surface area contributed by atoms with E-state index in [2.05, 4.69) is 24.5 Å². The van der Waals surface area contributed by atoms with Crippen LogP contribution in [0.3, 0.4) is 0 Å². The Balaban J connectivity index is 1.68. The lowest BCUT2D eigenvalue weighted by molar-refractivity contribution is -0.114. The molecule has 2 aromatic carbocycles. The number of anilines is 2. The fourth-order valence-electron chi connectivity index (χ4n) is 2.88. The lowest BCUT2D eigenvalue weighted by atomic mass is 10.2. The summed E-state index contributed by atoms with van der Waals surface area (Å²) in [6.07, 6.45) is 7.26. The molecule has 0 saturated heterocycles. The van der Waals surface area contributed by atoms with Gasteiger partial charge in [-0.2, -0.15) is 0 Å². The summed E-state index contributed by atoms with van der Waals surface area (Å²) in [6.45, 7) is 7.29. The molecule has 0 radical (unpaired) electrons. The summed E-state index contributed by atoms with van der Waals surface area (Å²) >= 11 is 0. The molecular weight excluding hydrogens is 376 g/mol. The van der Waals surface area contributed by atoms with Crippen molar-refractivity contribution in [3.8, 4) is 11.5 Å². The lowest BCUT2D eigenvalue weighted by Crippen LogP contribution is -2.21. The Morgan fingerprint density at radius 1 is 0.867 bits per heavy atom. The van der Waals surface area contributed by atoms with E-state index in [-0.39, 0.29) is 18.6 Å². The SMILES string of the molecule is CCCCCCCOc1ccc(NC(=O)CNc2ccc(OC(C)CC)cc2)cc1. The molecule has 0 aliphatic heterocycles. The van der Waals surface area contributed by atoms with Crippen LogP contribution in [0.5, 0.6) is 11.5 Å². The molecule has 2 rings (SSSR count). The monoisotopic (exact) mass is 412 g/mol. The van der Waals surface area contributed by atoms with Gasteiger partial charge < -0.3 is 20.1 Å². The van der Waals surface area contributed by atoms with E-state index < -0.39 is 0 Å². The third kappa shape index (κ3) is 9.21. The van der Waals surface area contributed by atoms with Gasteiger partial charge in [-0.1, -0.05) is 39.5 Å². The molecule has 2 aromatic rings. The van der Waals surface area contributed by atoms with Gasteiger partial charge in [-0.3, -0.25) is 4.79 Å². The molecule has 0 aromatic heterocycles. The van der Waals surface area contributed by atoms with Crippen molar-refractivity contribution >= 4 is 17.3 Å². The molecule has 0 fully saturated rings. The summed E-state index contributed by atoms with van der Waals surface area (Å²) in [7, 11) is 0. The van der Waals surface area contributed by atoms with Crippen molar-refractivity contribution in [2.75, 3.05) is 23.8 Å². The molecule has 30 heavy (non-hydrogen) atoms. The number of hydrogen-bond acceptors (Lipinski definition) is 4. The summed E-state index contributed by atoms with van der Waals surface area (Å²) in [5.41, 5.74) is 1.64. The highest BCUT2D eigenvalue weighted by atomic mass is 16.5. The zero-order valence-corrected chi connectivity index (χ0v) is 18.6. The van der Waals surface area contributed by atoms with E-state index >= 15 is 0 Å². The van der Waals surface area contributed by atoms with E-state index in [1.54, 1.807) is 0 Å². The minimum Gasteiger partial charge on any atom is -0.494 e. The molecule has 0 spiro atoms. The van der Waals surface area contributed by atoms with Gasteiger partial charge in [0.25, 0.3) is 0 Å². The molecule has 164 valence electrons. The molecule has 0 aliphatic carbocycles. The first kappa shape index (κ1) is 23.6. The zero-order chi connectivity index (χ0) is 21.6. The maximum atomic E-state index is 12.2. The van der Waals surface area contributed by atoms with Crippen molar-refractivity contribution < 1.29 is 14.3 Å². The fraction of sp³-hybridized carbons (Fsp3) is 0.480. The molecule has 1 atom stereocenters. The van der Waals surface area contributed by atoms with Gasteiger partial charge >= 0.3 is 0 Å². The van der Waals surface area contributed by atoms with Gasteiger partial charge in [0.15, 0.2) is 0 Å². The Kier molecular flexibility index (Phi) is 10.6. The van der Waals surface area contributed by atoms with Crippen LogP contribution < -0.4 is 20.1 Å². The quantitative estimate of drug-likeness (QED) is 0.359. The van der Waals surface area contributed by atoms with Crippen molar-refractivity contribution in [3.05, 3.63) is 48.5 Å². The van der Waals surface area contributed by atoms with Crippen molar-refractivity contribution in [1.82, 2.24) is 0 Å². The van der Waals surface area contributed by atoms with E-state index in [1.165, 1.54) is 25.7 Å². The summed E-state index contributed by atoms with van der Waals surface area (Å²) in [5, 5.41) is 6.02. The predicted octanol–water partition coefficient (Wildman–Crippen LogP) is 6.26. The second kappa shape index (κ2) is 13.5. The van der Waals surface area contributed by atoms with Crippen LogP contribution in [0.2, 0.25) is 0 Å². The van der Waals surface area contributed by atoms with E-state index in [1.807, 2.05) is 55.5 Å². The summed E-state index contributed by atoms with van der Waals surface area (Å²) < 4.78 is 11.5. The number of amides is 1. The summed E-state index contributed by atoms with van der Waals surface area (Å²) in [4.78, 5) is 12.2. The molecular formula is C25H36N2O3. The van der Waals surface area contributed by atoms with Crippen LogP contribution in [0.25, 0.3) is 0 Å². The Hall–Kier alpha value is -2.69. The number of rotatable bonds is 14. The van der Waals surface area contributed by atoms with Crippen molar-refractivity contribution in [2.24, 2.45) is 0 Å². The van der Waals surface area contributed by atoms with Crippen LogP contribution in [-0.4, -0.2) is 25.2 Å². The molecule has 0 aliphatic rings. The number of ether oxygens (including phenoxy) is 2. The molecule has 0 heterocycles. The Morgan fingerprint density at radius 3 is 2.17 bits per heavy atom. The largest absolute Gasteiger partial charge is 0.494 e. The lowest BCUT2D eigenvalue weighted by Gasteiger charge is -2.13. The van der Waals surface area contributed by atoms with Gasteiger partial charge in [0.1, 0.15) is 11.5 Å². The van der Waals surface area contributed by atoms with Gasteiger partial charge in [0.2, 0.25) is 5.91 Å². The van der Waals surface area contributed by atoms with Gasteiger partial charge in [-0.25, -0.2) is 0 Å². The first-order chi connectivity index (χ1) is 14.6. The van der Waals surface area contributed by atoms with Gasteiger partial charge in [-0.15, -0.1) is 0 Å². The number of benzene rings is 2. The van der Waals surface area contributed by atoms with Crippen molar-refractivity contribution in [2.45, 2.75) is 65.4 Å². The first-order valence-corrected chi connectivity index (χ1v) is 11.1. The average molecular weight is 413 g/mol. The number of hydrogen-bond donors (Lipinski definition) is 2. The molecule has 0 saturated carbocycles. The van der Waals surface area contributed by atoms with E-state index in [0.717, 1.165) is 42.3 Å². The highest BCUT2D eigenvalue weighted by Crippen LogP contribution is 2.18. The van der Waals surface area contributed by atoms with Gasteiger partial charge in [-0.05, 0) is 68.3 Å². The second-order valence-electron chi connectivity index (χ2n) is 7.55. The molecule has 5 nitrogen and oxygen atoms in total. The number of unbranched alkanes of at least 4 members (excludes halogenated alkanes) is 4. The summed E-state index contributed by atoms with van der Waals surface area (Å²) in [6, 6.07) is 15.2. The maximum Gasteiger partial charge on any atom is 0.243 e. The maximum absolute atomic E-state index is 12.2. The van der Waals surface area contributed by atoms with Crippen LogP contribution in [0.15, 0.2) is 48.5 Å². The molecule has 1 amide bonds. The van der Waals surface area contributed by atoms with Crippen LogP contribution in [-0.2, 0) is 4.79 Å². The fourth-order valence-corrected chi connectivity index (χ4v) is 2.88. The standard InChI is InChI=1S/C25H36N2O3/c1-4-6-7-8-9-18-29-23-14-12-22(13-15-23)27-25(28)19-26-21-10-16-24(17-11-21)30-20(3)5-2/h10-17,20,26H,4-9,18-19H2,1-3H3,(H,27,28). The number of nitrogens with one attached hydrogen (secondary N) is 2. The molecule has 2 N–H and O–H groups in total. The second-order valence-corrected chi connectivity index (χ2v) is 7.55. The summed E-state index contributed by atoms with van der Waals surface area (Å²) in [5.74, 6) is 1.57. The number of carbonyl (C=O) groups excluding carboxylic acids is 1. The van der Waals surface area contributed by atoms with Crippen LogP contribution in [0.1, 0.15) is 59.3 Å².